The number of hydrogen-bond acceptors (Lipinski definition) is 6. The lowest BCUT2D eigenvalue weighted by Crippen LogP contribution is -2.48. The predicted octanol–water partition coefficient (Wildman–Crippen LogP) is 3.15. The summed E-state index contributed by atoms with van der Waals surface area (Å²) in [5.41, 5.74) is 1.08. The highest BCUT2D eigenvalue weighted by atomic mass is 35.5. The van der Waals surface area contributed by atoms with Crippen LogP contribution in [0.5, 0.6) is 17.2 Å². The van der Waals surface area contributed by atoms with Crippen LogP contribution in [0.25, 0.3) is 0 Å². The van der Waals surface area contributed by atoms with E-state index in [0.29, 0.717) is 30.5 Å². The van der Waals surface area contributed by atoms with Crippen LogP contribution in [0.15, 0.2) is 36.4 Å². The first-order valence-electron chi connectivity index (χ1n) is 9.64. The lowest BCUT2D eigenvalue weighted by Gasteiger charge is -2.29. The van der Waals surface area contributed by atoms with E-state index >= 15 is 0 Å². The van der Waals surface area contributed by atoms with Gasteiger partial charge < -0.3 is 19.5 Å². The quantitative estimate of drug-likeness (QED) is 0.670. The van der Waals surface area contributed by atoms with Gasteiger partial charge in [-0.1, -0.05) is 17.7 Å². The SMILES string of the molecule is COc1ccc(N([C@H](C)C(=O)N[C@@H](C)c2ccc3c(c2)OCCO3)S(C)(=O)=O)cc1Cl. The summed E-state index contributed by atoms with van der Waals surface area (Å²) in [6.45, 7) is 4.28. The molecule has 1 heterocycles. The van der Waals surface area contributed by atoms with Gasteiger partial charge in [-0.2, -0.15) is 0 Å². The molecule has 1 aliphatic rings. The molecule has 10 heteroatoms. The Morgan fingerprint density at radius 2 is 1.81 bits per heavy atom. The molecule has 0 saturated heterocycles. The highest BCUT2D eigenvalue weighted by molar-refractivity contribution is 7.92. The number of nitrogens with zero attached hydrogens (tertiary/aromatic N) is 1. The molecule has 2 atom stereocenters. The van der Waals surface area contributed by atoms with E-state index in [-0.39, 0.29) is 16.8 Å². The maximum atomic E-state index is 13.0. The van der Waals surface area contributed by atoms with Gasteiger partial charge in [-0.15, -0.1) is 0 Å². The molecule has 0 spiro atoms. The fourth-order valence-corrected chi connectivity index (χ4v) is 4.77. The molecule has 1 amide bonds. The molecule has 0 saturated carbocycles. The van der Waals surface area contributed by atoms with Crippen molar-refractivity contribution in [2.75, 3.05) is 30.9 Å². The van der Waals surface area contributed by atoms with Crippen molar-refractivity contribution < 1.29 is 27.4 Å². The Morgan fingerprint density at radius 1 is 1.13 bits per heavy atom. The largest absolute Gasteiger partial charge is 0.495 e. The van der Waals surface area contributed by atoms with Gasteiger partial charge in [-0.05, 0) is 49.7 Å². The summed E-state index contributed by atoms with van der Waals surface area (Å²) in [6.07, 6.45) is 1.04. The minimum absolute atomic E-state index is 0.242. The van der Waals surface area contributed by atoms with Crippen LogP contribution < -0.4 is 23.8 Å². The third-order valence-electron chi connectivity index (χ3n) is 4.90. The average Bonchev–Trinajstić information content (AvgIpc) is 2.72. The van der Waals surface area contributed by atoms with Gasteiger partial charge in [0.05, 0.1) is 30.1 Å². The maximum Gasteiger partial charge on any atom is 0.244 e. The lowest BCUT2D eigenvalue weighted by atomic mass is 10.1. The van der Waals surface area contributed by atoms with Crippen molar-refractivity contribution >= 4 is 33.2 Å². The summed E-state index contributed by atoms with van der Waals surface area (Å²) >= 11 is 6.16. The van der Waals surface area contributed by atoms with Crippen LogP contribution in [0.3, 0.4) is 0 Å². The number of amides is 1. The molecule has 8 nitrogen and oxygen atoms in total. The Hall–Kier alpha value is -2.65. The van der Waals surface area contributed by atoms with E-state index < -0.39 is 22.0 Å². The number of fused-ring (bicyclic) bond motifs is 1. The number of ether oxygens (including phenoxy) is 3. The number of methoxy groups -OCH3 is 1. The Bertz CT molecular complexity index is 1080. The number of sulfonamides is 1. The second-order valence-electron chi connectivity index (χ2n) is 7.19. The fraction of sp³-hybridized carbons (Fsp3) is 0.381. The average molecular weight is 469 g/mol. The minimum atomic E-state index is -3.77. The number of halogens is 1. The first kappa shape index (κ1) is 23.0. The van der Waals surface area contributed by atoms with Crippen LogP contribution in [0.4, 0.5) is 5.69 Å². The molecule has 3 rings (SSSR count). The molecule has 1 N–H and O–H groups in total. The molecule has 0 bridgehead atoms. The molecule has 0 aliphatic carbocycles. The molecule has 31 heavy (non-hydrogen) atoms. The number of nitrogens with one attached hydrogen (secondary N) is 1. The fourth-order valence-electron chi connectivity index (χ4n) is 3.35. The van der Waals surface area contributed by atoms with E-state index in [4.69, 9.17) is 25.8 Å². The summed E-state index contributed by atoms with van der Waals surface area (Å²) < 4.78 is 42.3. The zero-order valence-electron chi connectivity index (χ0n) is 17.7. The van der Waals surface area contributed by atoms with Gasteiger partial charge in [0, 0.05) is 0 Å². The van der Waals surface area contributed by atoms with Crippen molar-refractivity contribution in [3.63, 3.8) is 0 Å². The highest BCUT2D eigenvalue weighted by Gasteiger charge is 2.30. The molecule has 168 valence electrons. The van der Waals surface area contributed by atoms with E-state index in [1.807, 2.05) is 19.1 Å². The Kier molecular flexibility index (Phi) is 6.86. The van der Waals surface area contributed by atoms with Gasteiger partial charge in [0.15, 0.2) is 11.5 Å². The van der Waals surface area contributed by atoms with E-state index in [0.717, 1.165) is 16.1 Å². The predicted molar refractivity (Wildman–Crippen MR) is 119 cm³/mol. The smallest absolute Gasteiger partial charge is 0.244 e. The Balaban J connectivity index is 1.81. The van der Waals surface area contributed by atoms with Gasteiger partial charge in [-0.25, -0.2) is 8.42 Å². The Morgan fingerprint density at radius 3 is 2.42 bits per heavy atom. The number of benzene rings is 2. The van der Waals surface area contributed by atoms with Crippen LogP contribution in [-0.4, -0.2) is 46.9 Å². The number of carbonyl (C=O) groups is 1. The zero-order valence-corrected chi connectivity index (χ0v) is 19.3. The number of carbonyl (C=O) groups excluding carboxylic acids is 1. The highest BCUT2D eigenvalue weighted by Crippen LogP contribution is 2.33. The van der Waals surface area contributed by atoms with Gasteiger partial charge in [-0.3, -0.25) is 9.10 Å². The minimum Gasteiger partial charge on any atom is -0.495 e. The summed E-state index contributed by atoms with van der Waals surface area (Å²) in [6, 6.07) is 8.58. The van der Waals surface area contributed by atoms with Crippen molar-refractivity contribution in [2.24, 2.45) is 0 Å². The second-order valence-corrected chi connectivity index (χ2v) is 9.45. The summed E-state index contributed by atoms with van der Waals surface area (Å²) in [4.78, 5) is 13.0. The maximum absolute atomic E-state index is 13.0. The summed E-state index contributed by atoms with van der Waals surface area (Å²) in [7, 11) is -2.31. The summed E-state index contributed by atoms with van der Waals surface area (Å²) in [5, 5.41) is 3.10. The molecule has 1 aliphatic heterocycles. The van der Waals surface area contributed by atoms with Crippen molar-refractivity contribution in [2.45, 2.75) is 25.9 Å². The van der Waals surface area contributed by atoms with Crippen molar-refractivity contribution in [3.8, 4) is 17.2 Å². The second kappa shape index (κ2) is 9.23. The van der Waals surface area contributed by atoms with Crippen LogP contribution >= 0.6 is 11.6 Å². The third kappa shape index (κ3) is 5.16. The summed E-state index contributed by atoms with van der Waals surface area (Å²) in [5.74, 6) is 1.22. The van der Waals surface area contributed by atoms with Crippen LogP contribution in [0.2, 0.25) is 5.02 Å². The van der Waals surface area contributed by atoms with Gasteiger partial charge >= 0.3 is 0 Å². The van der Waals surface area contributed by atoms with E-state index in [2.05, 4.69) is 5.32 Å². The molecule has 2 aromatic carbocycles. The molecule has 0 unspecified atom stereocenters. The number of hydrogen-bond donors (Lipinski definition) is 1. The Labute approximate surface area is 187 Å². The van der Waals surface area contributed by atoms with Gasteiger partial charge in [0.1, 0.15) is 25.0 Å². The van der Waals surface area contributed by atoms with E-state index in [9.17, 15) is 13.2 Å². The molecule has 0 fully saturated rings. The van der Waals surface area contributed by atoms with Crippen LogP contribution in [-0.2, 0) is 14.8 Å². The lowest BCUT2D eigenvalue weighted by molar-refractivity contribution is -0.122. The molecule has 0 aromatic heterocycles. The third-order valence-corrected chi connectivity index (χ3v) is 6.44. The zero-order chi connectivity index (χ0) is 22.8. The standard InChI is InChI=1S/C21H25ClN2O6S/c1-13(15-5-7-19-20(11-15)30-10-9-29-19)23-21(25)14(2)24(31(4,26)27)16-6-8-18(28-3)17(22)12-16/h5-8,11-14H,9-10H2,1-4H3,(H,23,25)/t13-,14+/m0/s1. The van der Waals surface area contributed by atoms with E-state index in [1.54, 1.807) is 18.2 Å². The monoisotopic (exact) mass is 468 g/mol. The van der Waals surface area contributed by atoms with Crippen LogP contribution in [0, 0.1) is 0 Å². The normalized spacial score (nSPS) is 15.0. The van der Waals surface area contributed by atoms with Gasteiger partial charge in [0.25, 0.3) is 0 Å². The molecular weight excluding hydrogens is 444 g/mol. The van der Waals surface area contributed by atoms with Crippen molar-refractivity contribution in [3.05, 3.63) is 47.0 Å². The number of rotatable bonds is 7. The molecule has 0 radical (unpaired) electrons. The van der Waals surface area contributed by atoms with Gasteiger partial charge in [0.2, 0.25) is 15.9 Å². The first-order chi connectivity index (χ1) is 14.6. The van der Waals surface area contributed by atoms with E-state index in [1.165, 1.54) is 20.1 Å². The first-order valence-corrected chi connectivity index (χ1v) is 11.9. The molecule has 2 aromatic rings. The molecular formula is C21H25ClN2O6S. The van der Waals surface area contributed by atoms with Crippen LogP contribution in [0.1, 0.15) is 25.5 Å². The topological polar surface area (TPSA) is 94.2 Å². The van der Waals surface area contributed by atoms with Crippen molar-refractivity contribution in [1.82, 2.24) is 5.32 Å². The van der Waals surface area contributed by atoms with Crippen molar-refractivity contribution in [1.29, 1.82) is 0 Å². The number of anilines is 1.